The number of hydrogen-bond acceptors (Lipinski definition) is 4. The third-order valence-electron chi connectivity index (χ3n) is 2.96. The molecule has 0 aliphatic carbocycles. The van der Waals surface area contributed by atoms with Crippen molar-refractivity contribution in [1.29, 1.82) is 0 Å². The lowest BCUT2D eigenvalue weighted by Gasteiger charge is -2.17. The first-order valence-electron chi connectivity index (χ1n) is 5.78. The minimum absolute atomic E-state index is 0.115. The van der Waals surface area contributed by atoms with Crippen molar-refractivity contribution >= 4 is 29.7 Å². The zero-order chi connectivity index (χ0) is 14.9. The van der Waals surface area contributed by atoms with E-state index in [1.165, 1.54) is 13.0 Å². The van der Waals surface area contributed by atoms with Gasteiger partial charge in [0.2, 0.25) is 0 Å². The Labute approximate surface area is 114 Å². The van der Waals surface area contributed by atoms with Gasteiger partial charge in [0.05, 0.1) is 4.92 Å². The fourth-order valence-corrected chi connectivity index (χ4v) is 2.15. The summed E-state index contributed by atoms with van der Waals surface area (Å²) in [6.07, 6.45) is 0. The first-order valence-corrected chi connectivity index (χ1v) is 7.47. The first kappa shape index (κ1) is 14.5. The van der Waals surface area contributed by atoms with Gasteiger partial charge in [0, 0.05) is 11.5 Å². The van der Waals surface area contributed by atoms with Crippen molar-refractivity contribution in [2.75, 3.05) is 5.32 Å². The lowest BCUT2D eigenvalue weighted by molar-refractivity contribution is -0.383. The average Bonchev–Trinajstić information content (AvgIpc) is 2.37. The third kappa shape index (κ3) is 2.80. The van der Waals surface area contributed by atoms with Gasteiger partial charge in [-0.05, 0) is 18.4 Å². The topological polar surface area (TPSA) is 113 Å². The molecule has 1 atom stereocenters. The van der Waals surface area contributed by atoms with Gasteiger partial charge in [-0.25, -0.2) is 0 Å². The minimum Gasteiger partial charge on any atom is -0.366 e. The van der Waals surface area contributed by atoms with Crippen molar-refractivity contribution in [2.45, 2.75) is 12.7 Å². The maximum absolute atomic E-state index is 11.2. The standard InChI is InChI=1S/C12H13N2O5P/c1-8(20(17,18)19)13-12-10-5-3-2-4-9(10)6-7-11(12)14(15)16/h2-8,13H,1H3,(H2,17,18,19). The van der Waals surface area contributed by atoms with E-state index in [4.69, 9.17) is 9.79 Å². The van der Waals surface area contributed by atoms with Gasteiger partial charge in [0.1, 0.15) is 11.5 Å². The number of anilines is 1. The zero-order valence-electron chi connectivity index (χ0n) is 10.6. The molecule has 0 aliphatic rings. The van der Waals surface area contributed by atoms with Crippen LogP contribution in [0.15, 0.2) is 36.4 Å². The van der Waals surface area contributed by atoms with Gasteiger partial charge < -0.3 is 15.1 Å². The first-order chi connectivity index (χ1) is 9.30. The lowest BCUT2D eigenvalue weighted by Crippen LogP contribution is -2.16. The molecular formula is C12H13N2O5P. The number of nitrogens with zero attached hydrogens (tertiary/aromatic N) is 1. The highest BCUT2D eigenvalue weighted by atomic mass is 31.2. The van der Waals surface area contributed by atoms with Crippen molar-refractivity contribution in [1.82, 2.24) is 0 Å². The Hall–Kier alpha value is -1.95. The number of benzene rings is 2. The molecular weight excluding hydrogens is 283 g/mol. The number of rotatable bonds is 4. The average molecular weight is 296 g/mol. The van der Waals surface area contributed by atoms with E-state index < -0.39 is 18.3 Å². The van der Waals surface area contributed by atoms with E-state index in [1.807, 2.05) is 0 Å². The van der Waals surface area contributed by atoms with E-state index in [0.717, 1.165) is 5.39 Å². The second-order valence-corrected chi connectivity index (χ2v) is 6.30. The number of hydrogen-bond donors (Lipinski definition) is 3. The fourth-order valence-electron chi connectivity index (χ4n) is 1.86. The van der Waals surface area contributed by atoms with Crippen LogP contribution in [-0.4, -0.2) is 20.5 Å². The van der Waals surface area contributed by atoms with Crippen LogP contribution in [0.1, 0.15) is 6.92 Å². The fraction of sp³-hybridized carbons (Fsp3) is 0.167. The Morgan fingerprint density at radius 3 is 2.50 bits per heavy atom. The van der Waals surface area contributed by atoms with Crippen LogP contribution in [0.4, 0.5) is 11.4 Å². The molecule has 0 radical (unpaired) electrons. The maximum atomic E-state index is 11.2. The van der Waals surface area contributed by atoms with Crippen molar-refractivity contribution in [3.63, 3.8) is 0 Å². The predicted octanol–water partition coefficient (Wildman–Crippen LogP) is 2.68. The van der Waals surface area contributed by atoms with E-state index in [2.05, 4.69) is 5.32 Å². The molecule has 7 nitrogen and oxygen atoms in total. The summed E-state index contributed by atoms with van der Waals surface area (Å²) in [4.78, 5) is 28.7. The van der Waals surface area contributed by atoms with Crippen LogP contribution in [0, 0.1) is 10.1 Å². The van der Waals surface area contributed by atoms with Crippen molar-refractivity contribution in [3.8, 4) is 0 Å². The van der Waals surface area contributed by atoms with Crippen molar-refractivity contribution in [3.05, 3.63) is 46.5 Å². The van der Waals surface area contributed by atoms with Crippen LogP contribution in [-0.2, 0) is 4.57 Å². The van der Waals surface area contributed by atoms with Gasteiger partial charge >= 0.3 is 7.60 Å². The summed E-state index contributed by atoms with van der Waals surface area (Å²) in [7, 11) is -4.38. The molecule has 0 aliphatic heterocycles. The molecule has 0 fully saturated rings. The Kier molecular flexibility index (Phi) is 3.76. The summed E-state index contributed by atoms with van der Waals surface area (Å²) >= 11 is 0. The van der Waals surface area contributed by atoms with Crippen LogP contribution in [0.2, 0.25) is 0 Å². The molecule has 2 aromatic rings. The minimum atomic E-state index is -4.38. The SMILES string of the molecule is CC(Nc1c([N+](=O)[O-])ccc2ccccc12)P(=O)(O)O. The van der Waals surface area contributed by atoms with E-state index >= 15 is 0 Å². The quantitative estimate of drug-likeness (QED) is 0.454. The van der Waals surface area contributed by atoms with Crippen LogP contribution < -0.4 is 5.32 Å². The van der Waals surface area contributed by atoms with Gasteiger partial charge in [0.25, 0.3) is 5.69 Å². The molecule has 20 heavy (non-hydrogen) atoms. The van der Waals surface area contributed by atoms with E-state index in [0.29, 0.717) is 5.39 Å². The third-order valence-corrected chi connectivity index (χ3v) is 4.10. The summed E-state index contributed by atoms with van der Waals surface area (Å²) in [5.41, 5.74) is -0.104. The Bertz CT molecular complexity index is 712. The molecule has 2 aromatic carbocycles. The zero-order valence-corrected chi connectivity index (χ0v) is 11.4. The molecule has 0 heterocycles. The molecule has 0 saturated carbocycles. The molecule has 0 amide bonds. The molecule has 2 rings (SSSR count). The summed E-state index contributed by atoms with van der Waals surface area (Å²) in [6, 6.07) is 9.84. The molecule has 0 aromatic heterocycles. The largest absolute Gasteiger partial charge is 0.366 e. The normalized spacial score (nSPS) is 13.2. The van der Waals surface area contributed by atoms with E-state index in [9.17, 15) is 14.7 Å². The van der Waals surface area contributed by atoms with Gasteiger partial charge in [-0.15, -0.1) is 0 Å². The van der Waals surface area contributed by atoms with Crippen LogP contribution in [0.3, 0.4) is 0 Å². The van der Waals surface area contributed by atoms with Crippen molar-refractivity contribution in [2.24, 2.45) is 0 Å². The van der Waals surface area contributed by atoms with Crippen LogP contribution in [0.5, 0.6) is 0 Å². The Balaban J connectivity index is 2.61. The van der Waals surface area contributed by atoms with Gasteiger partial charge in [-0.1, -0.05) is 24.3 Å². The van der Waals surface area contributed by atoms with Gasteiger partial charge in [0.15, 0.2) is 0 Å². The monoisotopic (exact) mass is 296 g/mol. The summed E-state index contributed by atoms with van der Waals surface area (Å²) in [5, 5.41) is 14.9. The molecule has 0 spiro atoms. The summed E-state index contributed by atoms with van der Waals surface area (Å²) < 4.78 is 11.2. The van der Waals surface area contributed by atoms with E-state index in [1.54, 1.807) is 30.3 Å². The Morgan fingerprint density at radius 2 is 1.90 bits per heavy atom. The molecule has 1 unspecified atom stereocenters. The highest BCUT2D eigenvalue weighted by Gasteiger charge is 2.27. The Morgan fingerprint density at radius 1 is 1.25 bits per heavy atom. The highest BCUT2D eigenvalue weighted by Crippen LogP contribution is 2.43. The summed E-state index contributed by atoms with van der Waals surface area (Å²) in [5.74, 6) is -1.22. The second-order valence-electron chi connectivity index (χ2n) is 4.35. The van der Waals surface area contributed by atoms with Gasteiger partial charge in [-0.2, -0.15) is 0 Å². The smallest absolute Gasteiger partial charge is 0.347 e. The van der Waals surface area contributed by atoms with E-state index in [-0.39, 0.29) is 11.4 Å². The molecule has 0 bridgehead atoms. The van der Waals surface area contributed by atoms with Crippen LogP contribution >= 0.6 is 7.60 Å². The maximum Gasteiger partial charge on any atom is 0.347 e. The summed E-state index contributed by atoms with van der Waals surface area (Å²) in [6.45, 7) is 1.28. The molecule has 3 N–H and O–H groups in total. The number of nitro groups is 1. The second kappa shape index (κ2) is 5.20. The molecule has 0 saturated heterocycles. The van der Waals surface area contributed by atoms with Gasteiger partial charge in [-0.3, -0.25) is 14.7 Å². The molecule has 8 heteroatoms. The predicted molar refractivity (Wildman–Crippen MR) is 75.7 cm³/mol. The number of nitrogens with one attached hydrogen (secondary N) is 1. The van der Waals surface area contributed by atoms with Crippen LogP contribution in [0.25, 0.3) is 10.8 Å². The highest BCUT2D eigenvalue weighted by molar-refractivity contribution is 7.52. The molecule has 106 valence electrons. The lowest BCUT2D eigenvalue weighted by atomic mass is 10.1. The number of nitro benzene ring substituents is 1. The number of fused-ring (bicyclic) bond motifs is 1. The van der Waals surface area contributed by atoms with Crippen molar-refractivity contribution < 1.29 is 19.3 Å².